The van der Waals surface area contributed by atoms with Crippen LogP contribution in [-0.2, 0) is 17.6 Å². The molecule has 1 aliphatic rings. The number of nitrogens with one attached hydrogen (secondary N) is 2. The van der Waals surface area contributed by atoms with E-state index >= 15 is 0 Å². The molecule has 0 aromatic carbocycles. The van der Waals surface area contributed by atoms with Gasteiger partial charge in [0.05, 0.1) is 0 Å². The number of aromatic nitrogens is 2. The number of carboxylic acid groups (broad SMARTS) is 1. The predicted octanol–water partition coefficient (Wildman–Crippen LogP) is 4.52. The fourth-order valence-electron chi connectivity index (χ4n) is 4.00. The average molecular weight is 411 g/mol. The number of pyridine rings is 2. The van der Waals surface area contributed by atoms with Gasteiger partial charge >= 0.3 is 5.97 Å². The topological polar surface area (TPSA) is 87.1 Å². The van der Waals surface area contributed by atoms with Crippen LogP contribution in [0.5, 0.6) is 0 Å². The van der Waals surface area contributed by atoms with Gasteiger partial charge in [-0.05, 0) is 62.3 Å². The van der Waals surface area contributed by atoms with Crippen LogP contribution in [-0.4, -0.2) is 33.6 Å². The summed E-state index contributed by atoms with van der Waals surface area (Å²) in [6, 6.07) is 7.68. The molecule has 2 aromatic rings. The SMILES string of the molecule is C[C@@H](N[C@@H](CCCCCCCc1ccc2c(n1)NCCC2)C(=O)O)c1cccnc1. The molecule has 6 heteroatoms. The Labute approximate surface area is 179 Å². The number of carboxylic acids is 1. The van der Waals surface area contributed by atoms with Crippen LogP contribution in [0, 0.1) is 0 Å². The fourth-order valence-corrected chi connectivity index (χ4v) is 4.00. The molecular weight excluding hydrogens is 376 g/mol. The van der Waals surface area contributed by atoms with E-state index in [-0.39, 0.29) is 6.04 Å². The number of hydrogen-bond acceptors (Lipinski definition) is 5. The summed E-state index contributed by atoms with van der Waals surface area (Å²) >= 11 is 0. The van der Waals surface area contributed by atoms with E-state index in [1.54, 1.807) is 12.4 Å². The van der Waals surface area contributed by atoms with E-state index in [0.29, 0.717) is 6.42 Å². The van der Waals surface area contributed by atoms with Crippen molar-refractivity contribution in [1.82, 2.24) is 15.3 Å². The van der Waals surface area contributed by atoms with Crippen LogP contribution in [0.1, 0.15) is 74.7 Å². The number of hydrogen-bond donors (Lipinski definition) is 3. The lowest BCUT2D eigenvalue weighted by atomic mass is 10.0. The zero-order valence-corrected chi connectivity index (χ0v) is 17.9. The summed E-state index contributed by atoms with van der Waals surface area (Å²) in [5.74, 6) is 0.296. The Morgan fingerprint density at radius 3 is 2.83 bits per heavy atom. The van der Waals surface area contributed by atoms with Crippen molar-refractivity contribution in [2.24, 2.45) is 0 Å². The highest BCUT2D eigenvalue weighted by Gasteiger charge is 2.19. The molecule has 3 rings (SSSR count). The molecule has 3 heterocycles. The van der Waals surface area contributed by atoms with Gasteiger partial charge in [-0.25, -0.2) is 4.98 Å². The maximum Gasteiger partial charge on any atom is 0.320 e. The van der Waals surface area contributed by atoms with Gasteiger partial charge in [0, 0.05) is 30.7 Å². The third-order valence-electron chi connectivity index (χ3n) is 5.81. The monoisotopic (exact) mass is 410 g/mol. The van der Waals surface area contributed by atoms with Gasteiger partial charge in [-0.15, -0.1) is 0 Å². The van der Waals surface area contributed by atoms with E-state index in [4.69, 9.17) is 4.98 Å². The minimum atomic E-state index is -0.780. The quantitative estimate of drug-likeness (QED) is 0.446. The molecule has 30 heavy (non-hydrogen) atoms. The summed E-state index contributed by atoms with van der Waals surface area (Å²) < 4.78 is 0. The number of fused-ring (bicyclic) bond motifs is 1. The first-order chi connectivity index (χ1) is 14.6. The number of carbonyl (C=O) groups is 1. The molecule has 0 fully saturated rings. The first-order valence-corrected chi connectivity index (χ1v) is 11.2. The van der Waals surface area contributed by atoms with Gasteiger partial charge in [0.25, 0.3) is 0 Å². The second kappa shape index (κ2) is 11.6. The summed E-state index contributed by atoms with van der Waals surface area (Å²) in [5.41, 5.74) is 3.52. The van der Waals surface area contributed by atoms with E-state index in [1.165, 1.54) is 17.7 Å². The van der Waals surface area contributed by atoms with Crippen molar-refractivity contribution in [2.45, 2.75) is 76.8 Å². The second-order valence-electron chi connectivity index (χ2n) is 8.21. The number of anilines is 1. The van der Waals surface area contributed by atoms with Crippen molar-refractivity contribution in [3.8, 4) is 0 Å². The van der Waals surface area contributed by atoms with E-state index in [2.05, 4.69) is 27.8 Å². The first kappa shape index (κ1) is 22.2. The molecule has 0 saturated carbocycles. The highest BCUT2D eigenvalue weighted by atomic mass is 16.4. The highest BCUT2D eigenvalue weighted by molar-refractivity contribution is 5.73. The Hall–Kier alpha value is -2.47. The van der Waals surface area contributed by atoms with Crippen molar-refractivity contribution in [3.63, 3.8) is 0 Å². The van der Waals surface area contributed by atoms with Crippen molar-refractivity contribution in [3.05, 3.63) is 53.5 Å². The Bertz CT molecular complexity index is 797. The number of nitrogens with zero attached hydrogens (tertiary/aromatic N) is 2. The normalized spacial score (nSPS) is 15.1. The maximum atomic E-state index is 11.6. The molecule has 162 valence electrons. The number of aryl methyl sites for hydroxylation is 2. The number of unbranched alkanes of at least 4 members (excludes halogenated alkanes) is 4. The lowest BCUT2D eigenvalue weighted by Gasteiger charge is -2.20. The van der Waals surface area contributed by atoms with E-state index in [0.717, 1.165) is 62.9 Å². The van der Waals surface area contributed by atoms with Gasteiger partial charge < -0.3 is 10.4 Å². The van der Waals surface area contributed by atoms with Crippen LogP contribution in [0.3, 0.4) is 0 Å². The molecule has 6 nitrogen and oxygen atoms in total. The molecule has 0 radical (unpaired) electrons. The molecule has 2 aromatic heterocycles. The molecule has 0 saturated heterocycles. The minimum absolute atomic E-state index is 0.0293. The van der Waals surface area contributed by atoms with Crippen molar-refractivity contribution in [2.75, 3.05) is 11.9 Å². The molecule has 0 aliphatic carbocycles. The van der Waals surface area contributed by atoms with Gasteiger partial charge in [0.1, 0.15) is 11.9 Å². The predicted molar refractivity (Wildman–Crippen MR) is 120 cm³/mol. The molecule has 1 aliphatic heterocycles. The summed E-state index contributed by atoms with van der Waals surface area (Å²) in [5, 5.41) is 16.2. The Balaban J connectivity index is 1.31. The van der Waals surface area contributed by atoms with Crippen molar-refractivity contribution < 1.29 is 9.90 Å². The lowest BCUT2D eigenvalue weighted by Crippen LogP contribution is -2.38. The standard InChI is InChI=1S/C24H34N4O2/c1-18(20-10-7-15-25-17-20)27-22(24(29)30)12-6-4-2-3-5-11-21-14-13-19-9-8-16-26-23(19)28-21/h7,10,13-15,17-18,22,27H,2-6,8-9,11-12,16H2,1H3,(H,26,28)(H,29,30)/t18-,22+/m1/s1. The molecule has 3 N–H and O–H groups in total. The lowest BCUT2D eigenvalue weighted by molar-refractivity contribution is -0.139. The van der Waals surface area contributed by atoms with Crippen molar-refractivity contribution >= 4 is 11.8 Å². The molecule has 0 amide bonds. The van der Waals surface area contributed by atoms with Gasteiger partial charge in [-0.1, -0.05) is 37.8 Å². The number of rotatable bonds is 12. The summed E-state index contributed by atoms with van der Waals surface area (Å²) in [7, 11) is 0. The molecule has 0 bridgehead atoms. The maximum absolute atomic E-state index is 11.6. The average Bonchev–Trinajstić information content (AvgIpc) is 2.77. The Morgan fingerprint density at radius 2 is 2.03 bits per heavy atom. The van der Waals surface area contributed by atoms with Crippen molar-refractivity contribution in [1.29, 1.82) is 0 Å². The Kier molecular flexibility index (Phi) is 8.63. The molecule has 2 atom stereocenters. The Morgan fingerprint density at radius 1 is 1.20 bits per heavy atom. The zero-order valence-electron chi connectivity index (χ0n) is 17.9. The second-order valence-corrected chi connectivity index (χ2v) is 8.21. The minimum Gasteiger partial charge on any atom is -0.480 e. The highest BCUT2D eigenvalue weighted by Crippen LogP contribution is 2.21. The summed E-state index contributed by atoms with van der Waals surface area (Å²) in [4.78, 5) is 20.5. The third-order valence-corrected chi connectivity index (χ3v) is 5.81. The molecular formula is C24H34N4O2. The number of aliphatic carboxylic acids is 1. The molecule has 0 unspecified atom stereocenters. The largest absolute Gasteiger partial charge is 0.480 e. The van der Waals surface area contributed by atoms with Gasteiger partial charge in [-0.2, -0.15) is 0 Å². The van der Waals surface area contributed by atoms with Gasteiger partial charge in [0.15, 0.2) is 0 Å². The first-order valence-electron chi connectivity index (χ1n) is 11.2. The van der Waals surface area contributed by atoms with Crippen LogP contribution in [0.15, 0.2) is 36.7 Å². The summed E-state index contributed by atoms with van der Waals surface area (Å²) in [6.45, 7) is 3.01. The van der Waals surface area contributed by atoms with E-state index in [9.17, 15) is 9.90 Å². The van der Waals surface area contributed by atoms with Crippen LogP contribution in [0.4, 0.5) is 5.82 Å². The van der Waals surface area contributed by atoms with Gasteiger partial charge in [-0.3, -0.25) is 15.1 Å². The molecule has 0 spiro atoms. The van der Waals surface area contributed by atoms with E-state index in [1.807, 2.05) is 19.1 Å². The van der Waals surface area contributed by atoms with Gasteiger partial charge in [0.2, 0.25) is 0 Å². The summed E-state index contributed by atoms with van der Waals surface area (Å²) in [6.07, 6.45) is 12.9. The smallest absolute Gasteiger partial charge is 0.320 e. The van der Waals surface area contributed by atoms with Crippen LogP contribution >= 0.6 is 0 Å². The third kappa shape index (κ3) is 6.80. The van der Waals surface area contributed by atoms with Crippen LogP contribution < -0.4 is 10.6 Å². The zero-order chi connectivity index (χ0) is 21.2. The fraction of sp³-hybridized carbons (Fsp3) is 0.542. The van der Waals surface area contributed by atoms with Crippen LogP contribution in [0.2, 0.25) is 0 Å². The van der Waals surface area contributed by atoms with E-state index < -0.39 is 12.0 Å². The van der Waals surface area contributed by atoms with Crippen LogP contribution in [0.25, 0.3) is 0 Å².